The summed E-state index contributed by atoms with van der Waals surface area (Å²) in [4.78, 5) is 11.9. The summed E-state index contributed by atoms with van der Waals surface area (Å²) in [6.45, 7) is 0.587. The third-order valence-electron chi connectivity index (χ3n) is 3.64. The van der Waals surface area contributed by atoms with Crippen LogP contribution in [-0.4, -0.2) is 48.0 Å². The monoisotopic (exact) mass is 252 g/mol. The maximum Gasteiger partial charge on any atom is 0.407 e. The summed E-state index contributed by atoms with van der Waals surface area (Å²) in [6.07, 6.45) is -4.21. The van der Waals surface area contributed by atoms with E-state index >= 15 is 0 Å². The molecular formula is C10H15F3N2O2. The van der Waals surface area contributed by atoms with Gasteiger partial charge in [-0.25, -0.2) is 4.79 Å². The van der Waals surface area contributed by atoms with Crippen LogP contribution in [0.3, 0.4) is 0 Å². The van der Waals surface area contributed by atoms with Gasteiger partial charge in [0.2, 0.25) is 0 Å². The fraction of sp³-hybridized carbons (Fsp3) is 0.900. The Labute approximate surface area is 96.8 Å². The largest absolute Gasteiger partial charge is 0.465 e. The summed E-state index contributed by atoms with van der Waals surface area (Å²) >= 11 is 0. The summed E-state index contributed by atoms with van der Waals surface area (Å²) in [7, 11) is 0. The summed E-state index contributed by atoms with van der Waals surface area (Å²) in [5, 5.41) is 11.6. The molecule has 98 valence electrons. The molecule has 7 heteroatoms. The zero-order chi connectivity index (χ0) is 12.7. The maximum absolute atomic E-state index is 12.6. The third-order valence-corrected chi connectivity index (χ3v) is 3.64. The number of halogens is 3. The van der Waals surface area contributed by atoms with Crippen LogP contribution >= 0.6 is 0 Å². The molecule has 0 bridgehead atoms. The normalized spacial score (nSPS) is 27.2. The highest BCUT2D eigenvalue weighted by Crippen LogP contribution is 2.57. The second kappa shape index (κ2) is 4.04. The van der Waals surface area contributed by atoms with Crippen molar-refractivity contribution in [2.24, 2.45) is 5.41 Å². The van der Waals surface area contributed by atoms with Crippen LogP contribution in [0.4, 0.5) is 18.0 Å². The Bertz CT molecular complexity index is 315. The number of carbonyl (C=O) groups is 1. The molecule has 1 aliphatic heterocycles. The van der Waals surface area contributed by atoms with Gasteiger partial charge in [-0.15, -0.1) is 0 Å². The highest BCUT2D eigenvalue weighted by Gasteiger charge is 2.62. The summed E-state index contributed by atoms with van der Waals surface area (Å²) in [5.74, 6) is 0. The zero-order valence-corrected chi connectivity index (χ0v) is 9.26. The number of rotatable bonds is 3. The lowest BCUT2D eigenvalue weighted by Crippen LogP contribution is -2.41. The maximum atomic E-state index is 12.6. The number of alkyl halides is 3. The van der Waals surface area contributed by atoms with Gasteiger partial charge in [-0.2, -0.15) is 13.2 Å². The van der Waals surface area contributed by atoms with Crippen molar-refractivity contribution >= 4 is 6.09 Å². The number of likely N-dealkylation sites (tertiary alicyclic amines) is 1. The van der Waals surface area contributed by atoms with Gasteiger partial charge in [0.15, 0.2) is 0 Å². The molecule has 0 aromatic heterocycles. The Morgan fingerprint density at radius 3 is 2.53 bits per heavy atom. The molecule has 1 amide bonds. The molecule has 2 aliphatic rings. The average molecular weight is 252 g/mol. The average Bonchev–Trinajstić information content (AvgIpc) is 2.86. The number of hydrogen-bond donors (Lipinski definition) is 2. The molecule has 1 saturated heterocycles. The van der Waals surface area contributed by atoms with Crippen LogP contribution < -0.4 is 5.32 Å². The molecule has 1 atom stereocenters. The molecule has 17 heavy (non-hydrogen) atoms. The smallest absolute Gasteiger partial charge is 0.407 e. The van der Waals surface area contributed by atoms with Crippen LogP contribution in [0.5, 0.6) is 0 Å². The number of nitrogens with one attached hydrogen (secondary N) is 1. The molecule has 1 aliphatic carbocycles. The predicted molar refractivity (Wildman–Crippen MR) is 53.7 cm³/mol. The quantitative estimate of drug-likeness (QED) is 0.803. The van der Waals surface area contributed by atoms with E-state index in [1.54, 1.807) is 0 Å². The molecule has 0 spiro atoms. The predicted octanol–water partition coefficient (Wildman–Crippen LogP) is 1.67. The third kappa shape index (κ3) is 2.48. The van der Waals surface area contributed by atoms with Crippen LogP contribution in [-0.2, 0) is 0 Å². The Balaban J connectivity index is 1.79. The first kappa shape index (κ1) is 12.5. The van der Waals surface area contributed by atoms with Gasteiger partial charge in [0.1, 0.15) is 0 Å². The molecule has 2 rings (SSSR count). The minimum absolute atomic E-state index is 0.0887. The van der Waals surface area contributed by atoms with Crippen molar-refractivity contribution < 1.29 is 23.1 Å². The fourth-order valence-electron chi connectivity index (χ4n) is 2.15. The molecule has 2 fully saturated rings. The molecule has 0 aromatic rings. The standard InChI is InChI=1S/C10H15F3N2O2/c11-10(12,13)9(2-3-9)6-14-7-1-4-15(5-7)8(16)17/h7,14H,1-6H2,(H,16,17)/t7-/m0/s1. The number of nitrogens with zero attached hydrogens (tertiary/aromatic N) is 1. The van der Waals surface area contributed by atoms with Crippen molar-refractivity contribution in [3.05, 3.63) is 0 Å². The zero-order valence-electron chi connectivity index (χ0n) is 9.26. The fourth-order valence-corrected chi connectivity index (χ4v) is 2.15. The van der Waals surface area contributed by atoms with Crippen LogP contribution in [0.25, 0.3) is 0 Å². The van der Waals surface area contributed by atoms with Gasteiger partial charge in [0, 0.05) is 25.7 Å². The molecule has 0 aromatic carbocycles. The van der Waals surface area contributed by atoms with Crippen LogP contribution in [0.1, 0.15) is 19.3 Å². The van der Waals surface area contributed by atoms with Crippen molar-refractivity contribution in [1.29, 1.82) is 0 Å². The Morgan fingerprint density at radius 2 is 2.12 bits per heavy atom. The van der Waals surface area contributed by atoms with Gasteiger partial charge in [0.25, 0.3) is 0 Å². The van der Waals surface area contributed by atoms with Crippen molar-refractivity contribution in [1.82, 2.24) is 10.2 Å². The first-order chi connectivity index (χ1) is 7.84. The Hall–Kier alpha value is -0.980. The van der Waals surface area contributed by atoms with Gasteiger partial charge >= 0.3 is 12.3 Å². The molecule has 0 radical (unpaired) electrons. The van der Waals surface area contributed by atoms with E-state index < -0.39 is 17.7 Å². The van der Waals surface area contributed by atoms with Gasteiger partial charge in [0.05, 0.1) is 5.41 Å². The first-order valence-corrected chi connectivity index (χ1v) is 5.62. The van der Waals surface area contributed by atoms with Crippen LogP contribution in [0, 0.1) is 5.41 Å². The molecule has 2 N–H and O–H groups in total. The second-order valence-corrected chi connectivity index (χ2v) is 4.87. The van der Waals surface area contributed by atoms with E-state index in [2.05, 4.69) is 5.32 Å². The van der Waals surface area contributed by atoms with Crippen molar-refractivity contribution in [2.75, 3.05) is 19.6 Å². The number of hydrogen-bond acceptors (Lipinski definition) is 2. The molecule has 0 unspecified atom stereocenters. The van der Waals surface area contributed by atoms with Crippen molar-refractivity contribution in [3.8, 4) is 0 Å². The van der Waals surface area contributed by atoms with Gasteiger partial charge in [-0.05, 0) is 19.3 Å². The van der Waals surface area contributed by atoms with E-state index in [1.807, 2.05) is 0 Å². The minimum Gasteiger partial charge on any atom is -0.465 e. The topological polar surface area (TPSA) is 52.6 Å². The second-order valence-electron chi connectivity index (χ2n) is 4.87. The summed E-state index contributed by atoms with van der Waals surface area (Å²) in [6, 6.07) is -0.147. The SMILES string of the molecule is O=C(O)N1CC[C@H](NCC2(C(F)(F)F)CC2)C1. The lowest BCUT2D eigenvalue weighted by atomic mass is 10.1. The van der Waals surface area contributed by atoms with Gasteiger partial charge in [-0.1, -0.05) is 0 Å². The van der Waals surface area contributed by atoms with Crippen LogP contribution in [0.2, 0.25) is 0 Å². The van der Waals surface area contributed by atoms with Gasteiger partial charge in [-0.3, -0.25) is 0 Å². The van der Waals surface area contributed by atoms with E-state index in [9.17, 15) is 18.0 Å². The van der Waals surface area contributed by atoms with E-state index in [0.29, 0.717) is 13.0 Å². The molecule has 1 saturated carbocycles. The van der Waals surface area contributed by atoms with E-state index in [1.165, 1.54) is 4.90 Å². The molecular weight excluding hydrogens is 237 g/mol. The van der Waals surface area contributed by atoms with E-state index in [4.69, 9.17) is 5.11 Å². The summed E-state index contributed by atoms with van der Waals surface area (Å²) in [5.41, 5.74) is -1.55. The van der Waals surface area contributed by atoms with E-state index in [0.717, 1.165) is 0 Å². The lowest BCUT2D eigenvalue weighted by Gasteiger charge is -2.22. The first-order valence-electron chi connectivity index (χ1n) is 5.62. The summed E-state index contributed by atoms with van der Waals surface area (Å²) < 4.78 is 37.9. The van der Waals surface area contributed by atoms with Crippen molar-refractivity contribution in [2.45, 2.75) is 31.5 Å². The van der Waals surface area contributed by atoms with Crippen molar-refractivity contribution in [3.63, 3.8) is 0 Å². The van der Waals surface area contributed by atoms with Crippen LogP contribution in [0.15, 0.2) is 0 Å². The molecule has 4 nitrogen and oxygen atoms in total. The number of carboxylic acid groups (broad SMARTS) is 1. The van der Waals surface area contributed by atoms with Gasteiger partial charge < -0.3 is 15.3 Å². The van der Waals surface area contributed by atoms with E-state index in [-0.39, 0.29) is 32.0 Å². The Kier molecular flexibility index (Phi) is 2.97. The Morgan fingerprint density at radius 1 is 1.47 bits per heavy atom. The highest BCUT2D eigenvalue weighted by atomic mass is 19.4. The molecule has 1 heterocycles. The number of amides is 1. The lowest BCUT2D eigenvalue weighted by molar-refractivity contribution is -0.185. The highest BCUT2D eigenvalue weighted by molar-refractivity contribution is 5.65. The minimum atomic E-state index is -4.15.